The number of imide groups is 1. The Morgan fingerprint density at radius 3 is 2.73 bits per heavy atom. The van der Waals surface area contributed by atoms with Crippen LogP contribution < -0.4 is 10.2 Å². The third-order valence-corrected chi connectivity index (χ3v) is 7.55. The second-order valence-corrected chi connectivity index (χ2v) is 9.05. The van der Waals surface area contributed by atoms with Gasteiger partial charge in [-0.2, -0.15) is 0 Å². The van der Waals surface area contributed by atoms with Gasteiger partial charge in [0.15, 0.2) is 0 Å². The zero-order valence-electron chi connectivity index (χ0n) is 16.4. The normalized spacial score (nSPS) is 32.0. The summed E-state index contributed by atoms with van der Waals surface area (Å²) in [4.78, 5) is 44.4. The Bertz CT molecular complexity index is 1150. The Morgan fingerprint density at radius 1 is 1.10 bits per heavy atom. The van der Waals surface area contributed by atoms with Crippen molar-refractivity contribution in [2.75, 3.05) is 16.8 Å². The van der Waals surface area contributed by atoms with Gasteiger partial charge in [0.05, 0.1) is 17.5 Å². The number of para-hydroxylation sites is 1. The standard InChI is InChI=1S/C23H20ClN3O3/c1-12-8-9-13(24)11-17(12)27-20(28)18-16-7-4-10-26(16)23(19(18)21(27)29)14-5-2-3-6-15(14)25-22(23)30/h2-3,5-6,8-9,11,16,18-19H,4,7,10H2,1H3,(H,25,30)/t16-,18+,19-,23-/m0/s1. The summed E-state index contributed by atoms with van der Waals surface area (Å²) in [5.41, 5.74) is 1.72. The first-order chi connectivity index (χ1) is 14.5. The molecular weight excluding hydrogens is 402 g/mol. The molecule has 1 N–H and O–H groups in total. The van der Waals surface area contributed by atoms with Crippen molar-refractivity contribution in [3.05, 3.63) is 58.6 Å². The Labute approximate surface area is 178 Å². The van der Waals surface area contributed by atoms with Crippen LogP contribution in [0, 0.1) is 18.8 Å². The number of halogens is 1. The van der Waals surface area contributed by atoms with Crippen LogP contribution >= 0.6 is 11.6 Å². The molecule has 6 nitrogen and oxygen atoms in total. The first kappa shape index (κ1) is 18.1. The van der Waals surface area contributed by atoms with Crippen LogP contribution in [0.1, 0.15) is 24.0 Å². The number of carbonyl (C=O) groups excluding carboxylic acids is 3. The highest BCUT2D eigenvalue weighted by Crippen LogP contribution is 2.60. The predicted octanol–water partition coefficient (Wildman–Crippen LogP) is 3.08. The van der Waals surface area contributed by atoms with E-state index in [-0.39, 0.29) is 23.8 Å². The highest BCUT2D eigenvalue weighted by molar-refractivity contribution is 6.32. The van der Waals surface area contributed by atoms with E-state index < -0.39 is 17.4 Å². The maximum absolute atomic E-state index is 13.9. The van der Waals surface area contributed by atoms with E-state index in [1.54, 1.807) is 12.1 Å². The number of hydrogen-bond donors (Lipinski definition) is 1. The van der Waals surface area contributed by atoms with Crippen LogP contribution in [0.15, 0.2) is 42.5 Å². The summed E-state index contributed by atoms with van der Waals surface area (Å²) < 4.78 is 0. The number of rotatable bonds is 1. The van der Waals surface area contributed by atoms with Crippen LogP contribution in [0.3, 0.4) is 0 Å². The molecule has 1 spiro atoms. The molecule has 6 rings (SSSR count). The van der Waals surface area contributed by atoms with E-state index in [2.05, 4.69) is 10.2 Å². The quantitative estimate of drug-likeness (QED) is 0.718. The Hall–Kier alpha value is -2.70. The minimum absolute atomic E-state index is 0.118. The van der Waals surface area contributed by atoms with Crippen molar-refractivity contribution in [3.8, 4) is 0 Å². The molecule has 30 heavy (non-hydrogen) atoms. The van der Waals surface area contributed by atoms with Gasteiger partial charge in [0.1, 0.15) is 5.54 Å². The minimum atomic E-state index is -1.13. The molecule has 0 aromatic heterocycles. The molecule has 0 bridgehead atoms. The molecule has 4 atom stereocenters. The largest absolute Gasteiger partial charge is 0.324 e. The second-order valence-electron chi connectivity index (χ2n) is 8.62. The van der Waals surface area contributed by atoms with Crippen molar-refractivity contribution < 1.29 is 14.4 Å². The summed E-state index contributed by atoms with van der Waals surface area (Å²) in [6.07, 6.45) is 1.71. The van der Waals surface area contributed by atoms with Gasteiger partial charge in [-0.3, -0.25) is 19.3 Å². The molecule has 0 unspecified atom stereocenters. The van der Waals surface area contributed by atoms with E-state index in [9.17, 15) is 14.4 Å². The average Bonchev–Trinajstić information content (AvgIpc) is 3.42. The van der Waals surface area contributed by atoms with Crippen LogP contribution in [0.5, 0.6) is 0 Å². The van der Waals surface area contributed by atoms with E-state index in [0.717, 1.165) is 29.7 Å². The Balaban J connectivity index is 1.57. The van der Waals surface area contributed by atoms with Gasteiger partial charge in [0, 0.05) is 22.3 Å². The molecule has 0 radical (unpaired) electrons. The SMILES string of the molecule is Cc1ccc(Cl)cc1N1C(=O)[C@H]2[C@@H](C1=O)[C@@]1(C(=O)Nc3ccccc31)N1CCC[C@@H]21. The molecule has 2 aromatic rings. The molecule has 152 valence electrons. The van der Waals surface area contributed by atoms with E-state index >= 15 is 0 Å². The number of nitrogens with one attached hydrogen (secondary N) is 1. The Kier molecular flexibility index (Phi) is 3.58. The van der Waals surface area contributed by atoms with Crippen LogP contribution in [0.25, 0.3) is 0 Å². The molecule has 4 aliphatic heterocycles. The van der Waals surface area contributed by atoms with Crippen LogP contribution in [0.2, 0.25) is 5.02 Å². The smallest absolute Gasteiger partial charge is 0.250 e. The Morgan fingerprint density at radius 2 is 1.90 bits per heavy atom. The number of amides is 3. The molecule has 3 fully saturated rings. The fourth-order valence-electron chi connectivity index (χ4n) is 6.22. The molecule has 4 heterocycles. The lowest BCUT2D eigenvalue weighted by atomic mass is 9.75. The topological polar surface area (TPSA) is 69.7 Å². The molecule has 4 aliphatic rings. The van der Waals surface area contributed by atoms with Gasteiger partial charge >= 0.3 is 0 Å². The summed E-state index contributed by atoms with van der Waals surface area (Å²) in [6, 6.07) is 12.6. The third-order valence-electron chi connectivity index (χ3n) is 7.31. The van der Waals surface area contributed by atoms with Crippen LogP contribution in [-0.4, -0.2) is 35.2 Å². The van der Waals surface area contributed by atoms with Crippen molar-refractivity contribution in [2.45, 2.75) is 31.3 Å². The number of aryl methyl sites for hydroxylation is 1. The van der Waals surface area contributed by atoms with E-state index in [1.807, 2.05) is 37.3 Å². The maximum atomic E-state index is 13.9. The van der Waals surface area contributed by atoms with Crippen LogP contribution in [-0.2, 0) is 19.9 Å². The number of fused-ring (bicyclic) bond motifs is 7. The van der Waals surface area contributed by atoms with Crippen molar-refractivity contribution in [3.63, 3.8) is 0 Å². The fraction of sp³-hybridized carbons (Fsp3) is 0.348. The maximum Gasteiger partial charge on any atom is 0.250 e. The summed E-state index contributed by atoms with van der Waals surface area (Å²) >= 11 is 6.19. The number of hydrogen-bond acceptors (Lipinski definition) is 4. The summed E-state index contributed by atoms with van der Waals surface area (Å²) in [5, 5.41) is 3.45. The van der Waals surface area contributed by atoms with Crippen molar-refractivity contribution in [1.82, 2.24) is 4.90 Å². The lowest BCUT2D eigenvalue weighted by molar-refractivity contribution is -0.135. The molecule has 0 aliphatic carbocycles. The first-order valence-electron chi connectivity index (χ1n) is 10.3. The van der Waals surface area contributed by atoms with Gasteiger partial charge in [-0.25, -0.2) is 4.90 Å². The van der Waals surface area contributed by atoms with Crippen molar-refractivity contribution in [1.29, 1.82) is 0 Å². The number of nitrogens with zero attached hydrogens (tertiary/aromatic N) is 2. The molecular formula is C23H20ClN3O3. The zero-order valence-corrected chi connectivity index (χ0v) is 17.1. The average molecular weight is 422 g/mol. The minimum Gasteiger partial charge on any atom is -0.324 e. The van der Waals surface area contributed by atoms with Crippen molar-refractivity contribution in [2.24, 2.45) is 11.8 Å². The van der Waals surface area contributed by atoms with Gasteiger partial charge in [-0.15, -0.1) is 0 Å². The summed E-state index contributed by atoms with van der Waals surface area (Å²) in [7, 11) is 0. The lowest BCUT2D eigenvalue weighted by Gasteiger charge is -2.36. The van der Waals surface area contributed by atoms with E-state index in [4.69, 9.17) is 11.6 Å². The van der Waals surface area contributed by atoms with Gasteiger partial charge in [0.25, 0.3) is 0 Å². The predicted molar refractivity (Wildman–Crippen MR) is 112 cm³/mol. The number of benzene rings is 2. The van der Waals surface area contributed by atoms with Crippen LogP contribution in [0.4, 0.5) is 11.4 Å². The molecule has 2 aromatic carbocycles. The number of carbonyl (C=O) groups is 3. The van der Waals surface area contributed by atoms with Gasteiger partial charge in [-0.05, 0) is 50.1 Å². The third kappa shape index (κ3) is 1.96. The lowest BCUT2D eigenvalue weighted by Crippen LogP contribution is -2.54. The fourth-order valence-corrected chi connectivity index (χ4v) is 6.39. The van der Waals surface area contributed by atoms with Gasteiger partial charge in [0.2, 0.25) is 17.7 Å². The monoisotopic (exact) mass is 421 g/mol. The summed E-state index contributed by atoms with van der Waals surface area (Å²) in [6.45, 7) is 2.56. The molecule has 3 saturated heterocycles. The highest BCUT2D eigenvalue weighted by Gasteiger charge is 2.74. The zero-order chi connectivity index (χ0) is 20.8. The van der Waals surface area contributed by atoms with Gasteiger partial charge in [-0.1, -0.05) is 35.9 Å². The second kappa shape index (κ2) is 5.93. The van der Waals surface area contributed by atoms with Gasteiger partial charge < -0.3 is 5.32 Å². The highest BCUT2D eigenvalue weighted by atomic mass is 35.5. The molecule has 7 heteroatoms. The van der Waals surface area contributed by atoms with E-state index in [0.29, 0.717) is 17.3 Å². The van der Waals surface area contributed by atoms with E-state index in [1.165, 1.54) is 4.90 Å². The number of anilines is 2. The summed E-state index contributed by atoms with van der Waals surface area (Å²) in [5.74, 6) is -2.00. The molecule has 0 saturated carbocycles. The van der Waals surface area contributed by atoms with Crippen molar-refractivity contribution >= 4 is 40.7 Å². The molecule has 3 amide bonds. The first-order valence-corrected chi connectivity index (χ1v) is 10.7.